The number of hydrogen-bond donors (Lipinski definition) is 1. The first-order valence-electron chi connectivity index (χ1n) is 10.9. The third kappa shape index (κ3) is 5.18. The summed E-state index contributed by atoms with van der Waals surface area (Å²) in [4.78, 5) is 0. The molecule has 0 spiro atoms. The average Bonchev–Trinajstić information content (AvgIpc) is 2.88. The molecule has 0 fully saturated rings. The van der Waals surface area contributed by atoms with Crippen molar-refractivity contribution in [3.05, 3.63) is 102 Å². The Morgan fingerprint density at radius 1 is 0.758 bits per heavy atom. The molecule has 0 heterocycles. The van der Waals surface area contributed by atoms with Gasteiger partial charge in [0.05, 0.1) is 14.2 Å². The molecule has 0 bridgehead atoms. The Morgan fingerprint density at radius 2 is 1.36 bits per heavy atom. The summed E-state index contributed by atoms with van der Waals surface area (Å²) in [5.74, 6) is 2.34. The Kier molecular flexibility index (Phi) is 7.28. The number of benzene rings is 4. The predicted molar refractivity (Wildman–Crippen MR) is 131 cm³/mol. The lowest BCUT2D eigenvalue weighted by molar-refractivity contribution is 0.297. The molecule has 4 rings (SSSR count). The number of methoxy groups -OCH3 is 2. The molecule has 4 heteroatoms. The molecule has 4 aromatic carbocycles. The van der Waals surface area contributed by atoms with Gasteiger partial charge in [-0.3, -0.25) is 0 Å². The molecule has 0 amide bonds. The van der Waals surface area contributed by atoms with E-state index in [0.717, 1.165) is 50.6 Å². The molecule has 4 aromatic rings. The van der Waals surface area contributed by atoms with E-state index >= 15 is 0 Å². The predicted octanol–water partition coefficient (Wildman–Crippen LogP) is 5.95. The maximum absolute atomic E-state index is 9.72. The Bertz CT molecular complexity index is 1170. The molecule has 0 aliphatic heterocycles. The fraction of sp³-hybridized carbons (Fsp3) is 0.172. The molecular formula is C29H27O4. The summed E-state index contributed by atoms with van der Waals surface area (Å²) < 4.78 is 17.2. The minimum absolute atomic E-state index is 0.0274. The Balaban J connectivity index is 1.87. The normalized spacial score (nSPS) is 10.6. The zero-order valence-corrected chi connectivity index (χ0v) is 18.9. The SMILES string of the molecule is COc1ccc(-c2c[c]c(CCO)c(-c3ccc(OC)cc3)c2OCc2ccccc2)cc1. The van der Waals surface area contributed by atoms with Gasteiger partial charge in [-0.15, -0.1) is 0 Å². The lowest BCUT2D eigenvalue weighted by Crippen LogP contribution is -2.03. The van der Waals surface area contributed by atoms with Gasteiger partial charge in [0.1, 0.15) is 23.9 Å². The molecule has 0 saturated heterocycles. The fourth-order valence-corrected chi connectivity index (χ4v) is 3.81. The number of rotatable bonds is 9. The van der Waals surface area contributed by atoms with Gasteiger partial charge < -0.3 is 19.3 Å². The molecular weight excluding hydrogens is 412 g/mol. The van der Waals surface area contributed by atoms with E-state index in [1.165, 1.54) is 0 Å². The summed E-state index contributed by atoms with van der Waals surface area (Å²) in [5.41, 5.74) is 5.82. The third-order valence-corrected chi connectivity index (χ3v) is 5.53. The minimum Gasteiger partial charge on any atom is -0.497 e. The first kappa shape index (κ1) is 22.4. The maximum atomic E-state index is 9.72. The number of aliphatic hydroxyl groups excluding tert-OH is 1. The van der Waals surface area contributed by atoms with Crippen molar-refractivity contribution in [1.29, 1.82) is 0 Å². The van der Waals surface area contributed by atoms with Gasteiger partial charge in [-0.2, -0.15) is 0 Å². The lowest BCUT2D eigenvalue weighted by Gasteiger charge is -2.20. The molecule has 0 aliphatic rings. The van der Waals surface area contributed by atoms with E-state index in [-0.39, 0.29) is 6.61 Å². The summed E-state index contributed by atoms with van der Waals surface area (Å²) in [6.45, 7) is 0.454. The van der Waals surface area contributed by atoms with Crippen LogP contribution in [0, 0.1) is 6.07 Å². The third-order valence-electron chi connectivity index (χ3n) is 5.53. The van der Waals surface area contributed by atoms with Crippen LogP contribution in [0.5, 0.6) is 17.2 Å². The van der Waals surface area contributed by atoms with Crippen LogP contribution in [0.15, 0.2) is 84.9 Å². The smallest absolute Gasteiger partial charge is 0.135 e. The highest BCUT2D eigenvalue weighted by molar-refractivity contribution is 5.85. The van der Waals surface area contributed by atoms with Gasteiger partial charge >= 0.3 is 0 Å². The topological polar surface area (TPSA) is 47.9 Å². The second kappa shape index (κ2) is 10.7. The number of aliphatic hydroxyl groups is 1. The summed E-state index contributed by atoms with van der Waals surface area (Å²) in [6.07, 6.45) is 0.478. The molecule has 0 saturated carbocycles. The Morgan fingerprint density at radius 3 is 1.94 bits per heavy atom. The largest absolute Gasteiger partial charge is 0.497 e. The standard InChI is InChI=1S/C29H27O4/c1-31-25-13-8-22(9-14-25)27-17-12-24(18-19-30)28(23-10-15-26(32-2)16-11-23)29(27)33-20-21-6-4-3-5-7-21/h3-11,13-17,30H,18-20H2,1-2H3. The minimum atomic E-state index is 0.0274. The second-order valence-electron chi connectivity index (χ2n) is 7.59. The Labute approximate surface area is 195 Å². The van der Waals surface area contributed by atoms with Gasteiger partial charge in [-0.25, -0.2) is 0 Å². The van der Waals surface area contributed by atoms with Crippen molar-refractivity contribution in [3.8, 4) is 39.5 Å². The molecule has 33 heavy (non-hydrogen) atoms. The van der Waals surface area contributed by atoms with Crippen LogP contribution in [-0.2, 0) is 13.0 Å². The van der Waals surface area contributed by atoms with Crippen molar-refractivity contribution in [2.45, 2.75) is 13.0 Å². The van der Waals surface area contributed by atoms with Gasteiger partial charge in [-0.05, 0) is 65.1 Å². The van der Waals surface area contributed by atoms with Crippen molar-refractivity contribution in [1.82, 2.24) is 0 Å². The molecule has 0 atom stereocenters. The fourth-order valence-electron chi connectivity index (χ4n) is 3.81. The zero-order valence-electron chi connectivity index (χ0n) is 18.9. The highest BCUT2D eigenvalue weighted by Gasteiger charge is 2.19. The van der Waals surface area contributed by atoms with Crippen molar-refractivity contribution < 1.29 is 19.3 Å². The van der Waals surface area contributed by atoms with Gasteiger partial charge in [0.15, 0.2) is 0 Å². The van der Waals surface area contributed by atoms with E-state index in [0.29, 0.717) is 13.0 Å². The lowest BCUT2D eigenvalue weighted by atomic mass is 9.91. The van der Waals surface area contributed by atoms with Gasteiger partial charge in [0.2, 0.25) is 0 Å². The van der Waals surface area contributed by atoms with E-state index in [9.17, 15) is 5.11 Å². The summed E-state index contributed by atoms with van der Waals surface area (Å²) in [6, 6.07) is 31.2. The highest BCUT2D eigenvalue weighted by atomic mass is 16.5. The molecule has 167 valence electrons. The van der Waals surface area contributed by atoms with Crippen LogP contribution in [0.3, 0.4) is 0 Å². The molecule has 0 unspecified atom stereocenters. The van der Waals surface area contributed by atoms with Gasteiger partial charge in [0, 0.05) is 17.7 Å². The van der Waals surface area contributed by atoms with Crippen LogP contribution in [0.2, 0.25) is 0 Å². The first-order valence-corrected chi connectivity index (χ1v) is 10.9. The van der Waals surface area contributed by atoms with E-state index < -0.39 is 0 Å². The molecule has 4 nitrogen and oxygen atoms in total. The summed E-state index contributed by atoms with van der Waals surface area (Å²) >= 11 is 0. The second-order valence-corrected chi connectivity index (χ2v) is 7.59. The van der Waals surface area contributed by atoms with Crippen molar-refractivity contribution in [3.63, 3.8) is 0 Å². The monoisotopic (exact) mass is 439 g/mol. The van der Waals surface area contributed by atoms with Gasteiger partial charge in [-0.1, -0.05) is 54.6 Å². The molecule has 1 N–H and O–H groups in total. The van der Waals surface area contributed by atoms with Crippen LogP contribution < -0.4 is 14.2 Å². The Hall–Kier alpha value is -3.76. The van der Waals surface area contributed by atoms with E-state index in [2.05, 4.69) is 6.07 Å². The molecule has 1 radical (unpaired) electrons. The molecule has 0 aliphatic carbocycles. The van der Waals surface area contributed by atoms with Crippen LogP contribution in [0.1, 0.15) is 11.1 Å². The van der Waals surface area contributed by atoms with Crippen LogP contribution in [-0.4, -0.2) is 25.9 Å². The number of ether oxygens (including phenoxy) is 3. The van der Waals surface area contributed by atoms with Crippen LogP contribution in [0.25, 0.3) is 22.3 Å². The van der Waals surface area contributed by atoms with Crippen molar-refractivity contribution in [2.75, 3.05) is 20.8 Å². The quantitative estimate of drug-likeness (QED) is 0.350. The molecule has 0 aromatic heterocycles. The maximum Gasteiger partial charge on any atom is 0.135 e. The first-order chi connectivity index (χ1) is 16.2. The van der Waals surface area contributed by atoms with E-state index in [1.807, 2.05) is 84.9 Å². The zero-order chi connectivity index (χ0) is 23.0. The highest BCUT2D eigenvalue weighted by Crippen LogP contribution is 2.42. The van der Waals surface area contributed by atoms with E-state index in [4.69, 9.17) is 14.2 Å². The van der Waals surface area contributed by atoms with Crippen LogP contribution in [0.4, 0.5) is 0 Å². The van der Waals surface area contributed by atoms with Crippen molar-refractivity contribution in [2.24, 2.45) is 0 Å². The van der Waals surface area contributed by atoms with Crippen molar-refractivity contribution >= 4 is 0 Å². The van der Waals surface area contributed by atoms with E-state index in [1.54, 1.807) is 14.2 Å². The van der Waals surface area contributed by atoms with Gasteiger partial charge in [0.25, 0.3) is 0 Å². The summed E-state index contributed by atoms with van der Waals surface area (Å²) in [5, 5.41) is 9.72. The average molecular weight is 440 g/mol. The number of hydrogen-bond acceptors (Lipinski definition) is 4. The van der Waals surface area contributed by atoms with Crippen LogP contribution >= 0.6 is 0 Å². The summed E-state index contributed by atoms with van der Waals surface area (Å²) in [7, 11) is 3.31.